The normalized spacial score (nSPS) is 10.2. The topological polar surface area (TPSA) is 71.2 Å². The highest BCUT2D eigenvalue weighted by atomic mass is 35.5. The third-order valence-electron chi connectivity index (χ3n) is 3.95. The van der Waals surface area contributed by atoms with Gasteiger partial charge >= 0.3 is 0 Å². The van der Waals surface area contributed by atoms with Gasteiger partial charge in [-0.25, -0.2) is 4.98 Å². The quantitative estimate of drug-likeness (QED) is 0.791. The van der Waals surface area contributed by atoms with E-state index in [4.69, 9.17) is 5.73 Å². The number of hydrogen-bond acceptors (Lipinski definition) is 4. The Morgan fingerprint density at radius 2 is 1.86 bits per heavy atom. The van der Waals surface area contributed by atoms with Crippen LogP contribution in [0.4, 0.5) is 5.82 Å². The summed E-state index contributed by atoms with van der Waals surface area (Å²) < 4.78 is 0. The number of carbonyl (C=O) groups excluding carboxylic acids is 1. The molecule has 3 N–H and O–H groups in total. The summed E-state index contributed by atoms with van der Waals surface area (Å²) in [7, 11) is 3.89. The molecule has 22 heavy (non-hydrogen) atoms. The molecule has 0 bridgehead atoms. The molecule has 0 aromatic carbocycles. The van der Waals surface area contributed by atoms with Crippen molar-refractivity contribution in [2.45, 2.75) is 33.2 Å². The lowest BCUT2D eigenvalue weighted by Crippen LogP contribution is -2.45. The van der Waals surface area contributed by atoms with Crippen LogP contribution in [0.1, 0.15) is 32.3 Å². The number of halogens is 2. The van der Waals surface area contributed by atoms with Gasteiger partial charge in [0, 0.05) is 33.4 Å². The summed E-state index contributed by atoms with van der Waals surface area (Å²) in [6.45, 7) is 4.87. The van der Waals surface area contributed by atoms with Crippen molar-refractivity contribution in [2.24, 2.45) is 11.1 Å². The van der Waals surface area contributed by atoms with Crippen molar-refractivity contribution >= 4 is 36.5 Å². The number of aromatic nitrogens is 1. The molecule has 0 unspecified atom stereocenters. The Bertz CT molecular complexity index is 425. The third-order valence-corrected chi connectivity index (χ3v) is 3.95. The van der Waals surface area contributed by atoms with Crippen LogP contribution in [-0.2, 0) is 11.3 Å². The summed E-state index contributed by atoms with van der Waals surface area (Å²) in [5, 5.41) is 2.97. The molecule has 1 aromatic rings. The van der Waals surface area contributed by atoms with Crippen LogP contribution in [0.3, 0.4) is 0 Å². The number of nitrogens with two attached hydrogens (primary N) is 1. The molecule has 5 nitrogen and oxygen atoms in total. The van der Waals surface area contributed by atoms with Gasteiger partial charge in [0.1, 0.15) is 5.82 Å². The second kappa shape index (κ2) is 10.6. The molecule has 7 heteroatoms. The maximum absolute atomic E-state index is 12.3. The highest BCUT2D eigenvalue weighted by Crippen LogP contribution is 2.25. The van der Waals surface area contributed by atoms with E-state index in [1.54, 1.807) is 6.20 Å². The van der Waals surface area contributed by atoms with Crippen LogP contribution in [0, 0.1) is 5.41 Å². The number of nitrogens with zero attached hydrogens (tertiary/aromatic N) is 2. The number of pyridine rings is 1. The van der Waals surface area contributed by atoms with E-state index in [1.165, 1.54) is 0 Å². The minimum Gasteiger partial charge on any atom is -0.363 e. The third kappa shape index (κ3) is 5.63. The van der Waals surface area contributed by atoms with Crippen molar-refractivity contribution < 1.29 is 4.79 Å². The highest BCUT2D eigenvalue weighted by Gasteiger charge is 2.32. The maximum Gasteiger partial charge on any atom is 0.227 e. The predicted octanol–water partition coefficient (Wildman–Crippen LogP) is 2.37. The van der Waals surface area contributed by atoms with E-state index >= 15 is 0 Å². The zero-order chi connectivity index (χ0) is 15.2. The zero-order valence-corrected chi connectivity index (χ0v) is 15.4. The van der Waals surface area contributed by atoms with Crippen molar-refractivity contribution in [1.82, 2.24) is 10.3 Å². The van der Waals surface area contributed by atoms with E-state index in [2.05, 4.69) is 10.3 Å². The SMILES string of the molecule is CCC(CC)(CN)C(=O)NCc1ccc(N(C)C)nc1.Cl.Cl. The molecule has 0 aliphatic carbocycles. The van der Waals surface area contributed by atoms with Crippen LogP contribution in [0.2, 0.25) is 0 Å². The summed E-state index contributed by atoms with van der Waals surface area (Å²) in [5.41, 5.74) is 6.31. The summed E-state index contributed by atoms with van der Waals surface area (Å²) in [6.07, 6.45) is 3.30. The molecule has 0 saturated heterocycles. The largest absolute Gasteiger partial charge is 0.363 e. The van der Waals surface area contributed by atoms with Crippen molar-refractivity contribution in [3.8, 4) is 0 Å². The van der Waals surface area contributed by atoms with E-state index in [1.807, 2.05) is 45.0 Å². The number of amides is 1. The maximum atomic E-state index is 12.3. The Morgan fingerprint density at radius 3 is 2.23 bits per heavy atom. The van der Waals surface area contributed by atoms with Gasteiger partial charge in [-0.3, -0.25) is 4.79 Å². The fourth-order valence-corrected chi connectivity index (χ4v) is 2.11. The summed E-state index contributed by atoms with van der Waals surface area (Å²) in [4.78, 5) is 18.6. The van der Waals surface area contributed by atoms with Gasteiger partial charge < -0.3 is 16.0 Å². The van der Waals surface area contributed by atoms with E-state index < -0.39 is 5.41 Å². The van der Waals surface area contributed by atoms with Gasteiger partial charge in [0.05, 0.1) is 5.41 Å². The van der Waals surface area contributed by atoms with Crippen LogP contribution in [0.25, 0.3) is 0 Å². The first-order valence-corrected chi connectivity index (χ1v) is 7.09. The molecule has 1 amide bonds. The smallest absolute Gasteiger partial charge is 0.227 e. The first-order chi connectivity index (χ1) is 9.49. The van der Waals surface area contributed by atoms with Crippen molar-refractivity contribution in [3.63, 3.8) is 0 Å². The van der Waals surface area contributed by atoms with Gasteiger partial charge in [0.2, 0.25) is 5.91 Å². The number of carbonyl (C=O) groups is 1. The summed E-state index contributed by atoms with van der Waals surface area (Å²) >= 11 is 0. The lowest BCUT2D eigenvalue weighted by molar-refractivity contribution is -0.131. The van der Waals surface area contributed by atoms with E-state index in [-0.39, 0.29) is 30.7 Å². The van der Waals surface area contributed by atoms with Gasteiger partial charge in [-0.05, 0) is 24.5 Å². The van der Waals surface area contributed by atoms with Crippen LogP contribution >= 0.6 is 24.8 Å². The van der Waals surface area contributed by atoms with E-state index in [9.17, 15) is 4.79 Å². The molecule has 0 saturated carbocycles. The lowest BCUT2D eigenvalue weighted by Gasteiger charge is -2.28. The molecular formula is C15H28Cl2N4O. The average molecular weight is 351 g/mol. The molecule has 1 rings (SSSR count). The summed E-state index contributed by atoms with van der Waals surface area (Å²) in [5.74, 6) is 0.931. The zero-order valence-electron chi connectivity index (χ0n) is 13.8. The average Bonchev–Trinajstić information content (AvgIpc) is 2.48. The molecule has 1 heterocycles. The molecule has 0 aliphatic rings. The van der Waals surface area contributed by atoms with Gasteiger partial charge in [-0.1, -0.05) is 19.9 Å². The van der Waals surface area contributed by atoms with E-state index in [0.717, 1.165) is 24.2 Å². The van der Waals surface area contributed by atoms with Gasteiger partial charge in [0.25, 0.3) is 0 Å². The van der Waals surface area contributed by atoms with Crippen molar-refractivity contribution in [3.05, 3.63) is 23.9 Å². The van der Waals surface area contributed by atoms with E-state index in [0.29, 0.717) is 13.1 Å². The Hall–Kier alpha value is -1.04. The molecule has 0 atom stereocenters. The molecule has 0 radical (unpaired) electrons. The Labute approximate surface area is 145 Å². The predicted molar refractivity (Wildman–Crippen MR) is 97.0 cm³/mol. The Balaban J connectivity index is 0. The molecule has 0 fully saturated rings. The molecule has 128 valence electrons. The Morgan fingerprint density at radius 1 is 1.27 bits per heavy atom. The fraction of sp³-hybridized carbons (Fsp3) is 0.600. The second-order valence-corrected chi connectivity index (χ2v) is 5.29. The van der Waals surface area contributed by atoms with Gasteiger partial charge in [0.15, 0.2) is 0 Å². The number of anilines is 1. The first-order valence-electron chi connectivity index (χ1n) is 7.09. The summed E-state index contributed by atoms with van der Waals surface area (Å²) in [6, 6.07) is 3.92. The molecule has 1 aromatic heterocycles. The second-order valence-electron chi connectivity index (χ2n) is 5.29. The monoisotopic (exact) mass is 350 g/mol. The molecular weight excluding hydrogens is 323 g/mol. The molecule has 0 aliphatic heterocycles. The van der Waals surface area contributed by atoms with Gasteiger partial charge in [-0.2, -0.15) is 0 Å². The van der Waals surface area contributed by atoms with Crippen LogP contribution < -0.4 is 16.0 Å². The van der Waals surface area contributed by atoms with Crippen LogP contribution in [0.15, 0.2) is 18.3 Å². The number of nitrogens with one attached hydrogen (secondary N) is 1. The highest BCUT2D eigenvalue weighted by molar-refractivity contribution is 5.85. The Kier molecular flexibility index (Phi) is 11.2. The number of rotatable bonds is 7. The van der Waals surface area contributed by atoms with Crippen molar-refractivity contribution in [2.75, 3.05) is 25.5 Å². The molecule has 0 spiro atoms. The standard InChI is InChI=1S/C15H26N4O.2ClH/c1-5-15(6-2,11-16)14(20)18-10-12-7-8-13(17-9-12)19(3)4;;/h7-9H,5-6,10-11,16H2,1-4H3,(H,18,20);2*1H. The van der Waals surface area contributed by atoms with Crippen molar-refractivity contribution in [1.29, 1.82) is 0 Å². The first kappa shape index (κ1) is 23.2. The fourth-order valence-electron chi connectivity index (χ4n) is 2.11. The van der Waals surface area contributed by atoms with Gasteiger partial charge in [-0.15, -0.1) is 24.8 Å². The lowest BCUT2D eigenvalue weighted by atomic mass is 9.81. The number of hydrogen-bond donors (Lipinski definition) is 2. The minimum absolute atomic E-state index is 0. The minimum atomic E-state index is -0.447. The van der Waals surface area contributed by atoms with Crippen LogP contribution in [-0.4, -0.2) is 31.5 Å². The van der Waals surface area contributed by atoms with Crippen LogP contribution in [0.5, 0.6) is 0 Å².